The number of carbonyl (C=O) groups is 2. The largest absolute Gasteiger partial charge is 1.00 e. The molecule has 0 spiro atoms. The van der Waals surface area contributed by atoms with Crippen LogP contribution >= 0.6 is 11.6 Å². The normalized spacial score (nSPS) is 14.8. The van der Waals surface area contributed by atoms with Crippen molar-refractivity contribution in [1.29, 1.82) is 0 Å². The predicted molar refractivity (Wildman–Crippen MR) is 139 cm³/mol. The third-order valence-electron chi connectivity index (χ3n) is 5.71. The smallest absolute Gasteiger partial charge is 0.549 e. The van der Waals surface area contributed by atoms with Crippen LogP contribution in [0.3, 0.4) is 0 Å². The van der Waals surface area contributed by atoms with Gasteiger partial charge in [-0.2, -0.15) is 0 Å². The first kappa shape index (κ1) is 29.9. The molecule has 1 aliphatic rings. The monoisotopic (exact) mass is 558 g/mol. The zero-order valence-electron chi connectivity index (χ0n) is 21.3. The fraction of sp³-hybridized carbons (Fsp3) is 0.148. The molecule has 2 aromatic carbocycles. The summed E-state index contributed by atoms with van der Waals surface area (Å²) in [4.78, 5) is 28.1. The number of fused-ring (bicyclic) bond motifs is 1. The fourth-order valence-corrected chi connectivity index (χ4v) is 3.92. The number of ether oxygens (including phenoxy) is 3. The number of nitrogens with one attached hydrogen (secondary N) is 1. The summed E-state index contributed by atoms with van der Waals surface area (Å²) in [7, 11) is 1.52. The number of carboxylic acid groups (broad SMARTS) is 1. The van der Waals surface area contributed by atoms with E-state index in [1.54, 1.807) is 54.7 Å². The molecule has 10 nitrogen and oxygen atoms in total. The number of allylic oxidation sites excluding steroid dienone is 2. The van der Waals surface area contributed by atoms with Gasteiger partial charge in [-0.25, -0.2) is 4.98 Å². The van der Waals surface area contributed by atoms with Gasteiger partial charge >= 0.3 is 29.6 Å². The fourth-order valence-electron chi connectivity index (χ4n) is 3.71. The molecule has 0 saturated carbocycles. The topological polar surface area (TPSA) is 162 Å². The molecule has 1 amide bonds. The van der Waals surface area contributed by atoms with Crippen LogP contribution in [0.2, 0.25) is 5.02 Å². The van der Waals surface area contributed by atoms with Gasteiger partial charge in [0.1, 0.15) is 23.1 Å². The quantitative estimate of drug-likeness (QED) is 0.248. The van der Waals surface area contributed by atoms with E-state index in [0.717, 1.165) is 0 Å². The van der Waals surface area contributed by atoms with Crippen molar-refractivity contribution in [2.45, 2.75) is 12.3 Å². The van der Waals surface area contributed by atoms with E-state index < -0.39 is 17.8 Å². The molecule has 12 heteroatoms. The van der Waals surface area contributed by atoms with Crippen LogP contribution in [0.1, 0.15) is 33.8 Å². The molecule has 1 unspecified atom stereocenters. The first-order valence-corrected chi connectivity index (χ1v) is 11.8. The third-order valence-corrected chi connectivity index (χ3v) is 6.01. The molecule has 3 aromatic rings. The molecule has 0 radical (unpaired) electrons. The van der Waals surface area contributed by atoms with E-state index in [4.69, 9.17) is 37.3 Å². The molecule has 4 rings (SSSR count). The number of nitrogens with two attached hydrogens (primary N) is 2. The number of hydrogen-bond acceptors (Lipinski definition) is 9. The Morgan fingerprint density at radius 3 is 2.49 bits per heavy atom. The number of nitrogens with zero attached hydrogens (tertiary/aromatic N) is 1. The Morgan fingerprint density at radius 1 is 1.13 bits per heavy atom. The van der Waals surface area contributed by atoms with E-state index in [0.29, 0.717) is 46.2 Å². The van der Waals surface area contributed by atoms with Gasteiger partial charge < -0.3 is 40.9 Å². The van der Waals surface area contributed by atoms with Crippen molar-refractivity contribution in [1.82, 2.24) is 10.3 Å². The van der Waals surface area contributed by atoms with Gasteiger partial charge in [0.25, 0.3) is 5.91 Å². The molecule has 1 atom stereocenters. The maximum atomic E-state index is 12.6. The molecule has 1 aromatic heterocycles. The van der Waals surface area contributed by atoms with Gasteiger partial charge in [0.05, 0.1) is 18.7 Å². The molecule has 196 valence electrons. The van der Waals surface area contributed by atoms with E-state index in [1.165, 1.54) is 19.3 Å². The number of amides is 1. The molecule has 0 fully saturated rings. The van der Waals surface area contributed by atoms with Crippen molar-refractivity contribution in [2.75, 3.05) is 13.7 Å². The summed E-state index contributed by atoms with van der Waals surface area (Å²) in [5.74, 6) is -0.790. The summed E-state index contributed by atoms with van der Waals surface area (Å²) in [6.07, 6.45) is 4.89. The first-order valence-electron chi connectivity index (χ1n) is 11.4. The molecular formula is C27H24ClN4NaO6. The predicted octanol–water partition coefficient (Wildman–Crippen LogP) is -0.314. The SMILES string of the molecule is COc1ccc(/C(N)=C/C=C(\N)NC(=O)c2ccc(Oc3cc4c(cc3Cl)C(C(=O)[O-])CCO4)cc2)cn1.[Na+]. The van der Waals surface area contributed by atoms with Crippen molar-refractivity contribution in [3.63, 3.8) is 0 Å². The van der Waals surface area contributed by atoms with Gasteiger partial charge in [-0.15, -0.1) is 0 Å². The maximum Gasteiger partial charge on any atom is 1.00 e. The Kier molecular flexibility index (Phi) is 10.2. The van der Waals surface area contributed by atoms with E-state index in [9.17, 15) is 14.7 Å². The first-order chi connectivity index (χ1) is 18.2. The van der Waals surface area contributed by atoms with Crippen molar-refractivity contribution >= 4 is 29.2 Å². The van der Waals surface area contributed by atoms with Gasteiger partial charge in [0, 0.05) is 52.6 Å². The van der Waals surface area contributed by atoms with Crippen LogP contribution in [0.25, 0.3) is 5.70 Å². The van der Waals surface area contributed by atoms with E-state index in [-0.39, 0.29) is 52.8 Å². The van der Waals surface area contributed by atoms with Crippen molar-refractivity contribution in [3.05, 3.63) is 94.4 Å². The zero-order valence-corrected chi connectivity index (χ0v) is 24.0. The van der Waals surface area contributed by atoms with E-state index in [1.807, 2.05) is 0 Å². The van der Waals surface area contributed by atoms with Crippen molar-refractivity contribution < 1.29 is 58.5 Å². The summed E-state index contributed by atoms with van der Waals surface area (Å²) in [5, 5.41) is 14.2. The Morgan fingerprint density at radius 2 is 1.85 bits per heavy atom. The Balaban J connectivity index is 0.00000420. The van der Waals surface area contributed by atoms with Crippen LogP contribution in [0, 0.1) is 0 Å². The minimum absolute atomic E-state index is 0. The minimum atomic E-state index is -1.18. The van der Waals surface area contributed by atoms with Crippen LogP contribution in [0.5, 0.6) is 23.1 Å². The molecule has 0 aliphatic carbocycles. The second kappa shape index (κ2) is 13.4. The van der Waals surface area contributed by atoms with Gasteiger partial charge in [-0.1, -0.05) is 11.6 Å². The number of halogens is 1. The number of aliphatic carboxylic acids is 1. The van der Waals surface area contributed by atoms with Gasteiger partial charge in [0.2, 0.25) is 5.88 Å². The number of carbonyl (C=O) groups excluding carboxylic acids is 2. The van der Waals surface area contributed by atoms with Crippen molar-refractivity contribution in [2.24, 2.45) is 11.5 Å². The number of hydrogen-bond donors (Lipinski definition) is 3. The number of pyridine rings is 1. The van der Waals surface area contributed by atoms with Crippen LogP contribution < -0.4 is 65.7 Å². The molecule has 39 heavy (non-hydrogen) atoms. The van der Waals surface area contributed by atoms with Gasteiger partial charge in [-0.3, -0.25) is 4.79 Å². The summed E-state index contributed by atoms with van der Waals surface area (Å²) in [5.41, 5.74) is 13.8. The van der Waals surface area contributed by atoms with E-state index in [2.05, 4.69) is 10.3 Å². The standard InChI is InChI=1S/C27H25ClN4O6.Na/c1-36-25-9-4-16(14-31-25)21(29)7-8-24(30)32-26(33)15-2-5-17(6-3-15)38-23-13-22-19(12-20(23)28)18(27(34)35)10-11-37-22;/h2-9,12-14,18H,10-11,29-30H2,1H3,(H,32,33)(H,34,35);/q;+1/p-1/b21-7-,24-8+;. The summed E-state index contributed by atoms with van der Waals surface area (Å²) < 4.78 is 16.4. The van der Waals surface area contributed by atoms with Gasteiger partial charge in [0.15, 0.2) is 0 Å². The zero-order chi connectivity index (χ0) is 27.2. The second-order valence-corrected chi connectivity index (χ2v) is 8.65. The number of rotatable bonds is 8. The summed E-state index contributed by atoms with van der Waals surface area (Å²) in [6.45, 7) is 0.245. The van der Waals surface area contributed by atoms with Gasteiger partial charge in [-0.05, 0) is 55.0 Å². The van der Waals surface area contributed by atoms with Crippen LogP contribution in [-0.4, -0.2) is 30.6 Å². The summed E-state index contributed by atoms with van der Waals surface area (Å²) >= 11 is 6.32. The summed E-state index contributed by atoms with van der Waals surface area (Å²) in [6, 6.07) is 12.8. The Hall–Kier alpha value is -3.70. The average molecular weight is 559 g/mol. The molecule has 0 saturated heterocycles. The van der Waals surface area contributed by atoms with Crippen LogP contribution in [0.15, 0.2) is 72.7 Å². The molecule has 1 aliphatic heterocycles. The van der Waals surface area contributed by atoms with Crippen LogP contribution in [0.4, 0.5) is 0 Å². The number of methoxy groups -OCH3 is 1. The Labute approximate surface area is 251 Å². The minimum Gasteiger partial charge on any atom is -0.549 e. The number of benzene rings is 2. The Bertz CT molecular complexity index is 1410. The number of aromatic nitrogens is 1. The molecule has 5 N–H and O–H groups in total. The van der Waals surface area contributed by atoms with E-state index >= 15 is 0 Å². The average Bonchev–Trinajstić information content (AvgIpc) is 2.92. The van der Waals surface area contributed by atoms with Crippen molar-refractivity contribution in [3.8, 4) is 23.1 Å². The molecule has 0 bridgehead atoms. The second-order valence-electron chi connectivity index (χ2n) is 8.24. The number of carboxylic acids is 1. The van der Waals surface area contributed by atoms with Crippen LogP contribution in [-0.2, 0) is 4.79 Å². The maximum absolute atomic E-state index is 12.6. The molecule has 2 heterocycles. The molecular weight excluding hydrogens is 535 g/mol. The third kappa shape index (κ3) is 7.45.